The van der Waals surface area contributed by atoms with Crippen molar-refractivity contribution in [3.63, 3.8) is 0 Å². The number of aromatic nitrogens is 1. The highest BCUT2D eigenvalue weighted by Crippen LogP contribution is 2.12. The van der Waals surface area contributed by atoms with E-state index < -0.39 is 9.84 Å². The zero-order valence-electron chi connectivity index (χ0n) is 8.05. The predicted molar refractivity (Wildman–Crippen MR) is 55.5 cm³/mol. The van der Waals surface area contributed by atoms with Crippen molar-refractivity contribution in [2.45, 2.75) is 12.5 Å². The van der Waals surface area contributed by atoms with Crippen LogP contribution in [0.2, 0.25) is 0 Å². The maximum Gasteiger partial charge on any atom is 0.147 e. The first-order valence-corrected chi connectivity index (χ1v) is 6.38. The average molecular weight is 214 g/mol. The number of nitrogens with zero attached hydrogens (tertiary/aromatic N) is 1. The van der Waals surface area contributed by atoms with E-state index in [-0.39, 0.29) is 11.8 Å². The highest BCUT2D eigenvalue weighted by atomic mass is 32.2. The number of hydrogen-bond donors (Lipinski definition) is 1. The first-order chi connectivity index (χ1) is 6.49. The SMILES string of the molecule is CS(=O)(=O)CCC(N)c1ccncc1. The third-order valence-corrected chi connectivity index (χ3v) is 2.91. The Kier molecular flexibility index (Phi) is 3.60. The van der Waals surface area contributed by atoms with Crippen LogP contribution >= 0.6 is 0 Å². The van der Waals surface area contributed by atoms with Crippen LogP contribution in [-0.2, 0) is 9.84 Å². The summed E-state index contributed by atoms with van der Waals surface area (Å²) in [6.07, 6.45) is 4.96. The minimum absolute atomic E-state index is 0.122. The van der Waals surface area contributed by atoms with Crippen LogP contribution < -0.4 is 5.73 Å². The van der Waals surface area contributed by atoms with Crippen LogP contribution in [0.3, 0.4) is 0 Å². The Morgan fingerprint density at radius 3 is 2.50 bits per heavy atom. The van der Waals surface area contributed by atoms with Crippen molar-refractivity contribution in [1.82, 2.24) is 4.98 Å². The smallest absolute Gasteiger partial charge is 0.147 e. The molecule has 0 aliphatic heterocycles. The van der Waals surface area contributed by atoms with Gasteiger partial charge in [0.25, 0.3) is 0 Å². The lowest BCUT2D eigenvalue weighted by Crippen LogP contribution is -2.15. The zero-order valence-corrected chi connectivity index (χ0v) is 8.87. The lowest BCUT2D eigenvalue weighted by molar-refractivity contribution is 0.591. The van der Waals surface area contributed by atoms with E-state index in [1.807, 2.05) is 0 Å². The molecule has 0 spiro atoms. The molecule has 0 saturated heterocycles. The van der Waals surface area contributed by atoms with Crippen LogP contribution in [0, 0.1) is 0 Å². The quantitative estimate of drug-likeness (QED) is 0.792. The standard InChI is InChI=1S/C9H14N2O2S/c1-14(12,13)7-4-9(10)8-2-5-11-6-3-8/h2-3,5-6,9H,4,7,10H2,1H3. The summed E-state index contributed by atoms with van der Waals surface area (Å²) < 4.78 is 21.8. The van der Waals surface area contributed by atoms with Gasteiger partial charge in [-0.2, -0.15) is 0 Å². The third kappa shape index (κ3) is 3.85. The second kappa shape index (κ2) is 4.52. The van der Waals surface area contributed by atoms with Gasteiger partial charge < -0.3 is 5.73 Å². The fraction of sp³-hybridized carbons (Fsp3) is 0.444. The summed E-state index contributed by atoms with van der Waals surface area (Å²) >= 11 is 0. The molecular weight excluding hydrogens is 200 g/mol. The summed E-state index contributed by atoms with van der Waals surface area (Å²) in [5.74, 6) is 0.122. The number of rotatable bonds is 4. The van der Waals surface area contributed by atoms with Crippen LogP contribution in [0.5, 0.6) is 0 Å². The molecule has 0 fully saturated rings. The van der Waals surface area contributed by atoms with Crippen molar-refractivity contribution in [3.05, 3.63) is 30.1 Å². The Hall–Kier alpha value is -0.940. The van der Waals surface area contributed by atoms with Gasteiger partial charge in [0.1, 0.15) is 9.84 Å². The molecule has 0 saturated carbocycles. The summed E-state index contributed by atoms with van der Waals surface area (Å²) in [5.41, 5.74) is 6.73. The molecule has 1 rings (SSSR count). The van der Waals surface area contributed by atoms with Gasteiger partial charge in [0, 0.05) is 24.7 Å². The van der Waals surface area contributed by atoms with E-state index in [0.29, 0.717) is 6.42 Å². The molecule has 14 heavy (non-hydrogen) atoms. The second-order valence-electron chi connectivity index (χ2n) is 3.31. The molecule has 5 heteroatoms. The third-order valence-electron chi connectivity index (χ3n) is 1.93. The molecule has 2 N–H and O–H groups in total. The van der Waals surface area contributed by atoms with Gasteiger partial charge in [-0.15, -0.1) is 0 Å². The summed E-state index contributed by atoms with van der Waals surface area (Å²) in [4.78, 5) is 3.86. The average Bonchev–Trinajstić information content (AvgIpc) is 2.14. The number of pyridine rings is 1. The van der Waals surface area contributed by atoms with Crippen molar-refractivity contribution < 1.29 is 8.42 Å². The van der Waals surface area contributed by atoms with Gasteiger partial charge in [-0.3, -0.25) is 4.98 Å². The van der Waals surface area contributed by atoms with E-state index in [9.17, 15) is 8.42 Å². The van der Waals surface area contributed by atoms with Crippen LogP contribution in [0.1, 0.15) is 18.0 Å². The van der Waals surface area contributed by atoms with Gasteiger partial charge in [-0.1, -0.05) is 0 Å². The molecule has 0 amide bonds. The molecule has 4 nitrogen and oxygen atoms in total. The minimum Gasteiger partial charge on any atom is -0.324 e. The largest absolute Gasteiger partial charge is 0.324 e. The highest BCUT2D eigenvalue weighted by Gasteiger charge is 2.09. The number of sulfone groups is 1. The van der Waals surface area contributed by atoms with Crippen LogP contribution in [0.15, 0.2) is 24.5 Å². The van der Waals surface area contributed by atoms with E-state index in [2.05, 4.69) is 4.98 Å². The van der Waals surface area contributed by atoms with Gasteiger partial charge in [0.2, 0.25) is 0 Å². The van der Waals surface area contributed by atoms with E-state index in [1.54, 1.807) is 24.5 Å². The Morgan fingerprint density at radius 1 is 1.43 bits per heavy atom. The zero-order chi connectivity index (χ0) is 10.6. The molecule has 0 aliphatic rings. The Morgan fingerprint density at radius 2 is 2.00 bits per heavy atom. The predicted octanol–water partition coefficient (Wildman–Crippen LogP) is 0.516. The van der Waals surface area contributed by atoms with Crippen LogP contribution in [0.4, 0.5) is 0 Å². The van der Waals surface area contributed by atoms with Crippen molar-refractivity contribution >= 4 is 9.84 Å². The Balaban J connectivity index is 2.56. The van der Waals surface area contributed by atoms with Gasteiger partial charge in [-0.25, -0.2) is 8.42 Å². The van der Waals surface area contributed by atoms with Crippen molar-refractivity contribution in [2.24, 2.45) is 5.73 Å². The van der Waals surface area contributed by atoms with Crippen molar-refractivity contribution in [3.8, 4) is 0 Å². The van der Waals surface area contributed by atoms with E-state index in [0.717, 1.165) is 5.56 Å². The van der Waals surface area contributed by atoms with Gasteiger partial charge in [-0.05, 0) is 24.1 Å². The first-order valence-electron chi connectivity index (χ1n) is 4.32. The minimum atomic E-state index is -2.92. The Bertz CT molecular complexity index is 375. The second-order valence-corrected chi connectivity index (χ2v) is 5.57. The van der Waals surface area contributed by atoms with Crippen molar-refractivity contribution in [2.75, 3.05) is 12.0 Å². The molecule has 1 aromatic heterocycles. The van der Waals surface area contributed by atoms with E-state index >= 15 is 0 Å². The molecule has 1 aromatic rings. The summed E-state index contributed by atoms with van der Waals surface area (Å²) in [6.45, 7) is 0. The maximum atomic E-state index is 10.9. The summed E-state index contributed by atoms with van der Waals surface area (Å²) in [6, 6.07) is 3.37. The molecule has 0 radical (unpaired) electrons. The summed E-state index contributed by atoms with van der Waals surface area (Å²) in [7, 11) is -2.92. The number of hydrogen-bond acceptors (Lipinski definition) is 4. The molecule has 1 atom stereocenters. The highest BCUT2D eigenvalue weighted by molar-refractivity contribution is 7.90. The lowest BCUT2D eigenvalue weighted by atomic mass is 10.1. The monoisotopic (exact) mass is 214 g/mol. The van der Waals surface area contributed by atoms with Gasteiger partial charge >= 0.3 is 0 Å². The molecule has 1 unspecified atom stereocenters. The van der Waals surface area contributed by atoms with E-state index in [4.69, 9.17) is 5.73 Å². The fourth-order valence-corrected chi connectivity index (χ4v) is 1.80. The maximum absolute atomic E-state index is 10.9. The number of nitrogens with two attached hydrogens (primary N) is 1. The van der Waals surface area contributed by atoms with Gasteiger partial charge in [0.05, 0.1) is 5.75 Å². The molecule has 0 aromatic carbocycles. The van der Waals surface area contributed by atoms with Crippen molar-refractivity contribution in [1.29, 1.82) is 0 Å². The summed E-state index contributed by atoms with van der Waals surface area (Å²) in [5, 5.41) is 0. The molecule has 0 aliphatic carbocycles. The Labute approximate surface area is 84.1 Å². The topological polar surface area (TPSA) is 73.0 Å². The van der Waals surface area contributed by atoms with Gasteiger partial charge in [0.15, 0.2) is 0 Å². The fourth-order valence-electron chi connectivity index (χ4n) is 1.12. The van der Waals surface area contributed by atoms with Crippen LogP contribution in [-0.4, -0.2) is 25.4 Å². The van der Waals surface area contributed by atoms with E-state index in [1.165, 1.54) is 6.26 Å². The molecular formula is C9H14N2O2S. The van der Waals surface area contributed by atoms with Crippen LogP contribution in [0.25, 0.3) is 0 Å². The normalized spacial score (nSPS) is 13.9. The molecule has 0 bridgehead atoms. The first kappa shape index (κ1) is 11.1. The molecule has 78 valence electrons. The lowest BCUT2D eigenvalue weighted by Gasteiger charge is -2.10. The molecule has 1 heterocycles.